The topological polar surface area (TPSA) is 24.5 Å². The Balaban J connectivity index is 2.13. The molecule has 1 aliphatic heterocycles. The van der Waals surface area contributed by atoms with E-state index >= 15 is 0 Å². The summed E-state index contributed by atoms with van der Waals surface area (Å²) in [6, 6.07) is 0. The number of nitrogens with zero attached hydrogens (tertiary/aromatic N) is 1. The first kappa shape index (κ1) is 14.9. The van der Waals surface area contributed by atoms with E-state index in [1.807, 2.05) is 0 Å². The fraction of sp³-hybridized carbons (Fsp3) is 1.00. The number of rotatable bonds is 6. The average Bonchev–Trinajstić information content (AvgIpc) is 2.38. The Kier molecular flexibility index (Phi) is 6.45. The molecule has 1 N–H and O–H groups in total. The summed E-state index contributed by atoms with van der Waals surface area (Å²) in [4.78, 5) is 2.57. The lowest BCUT2D eigenvalue weighted by atomic mass is 10.1. The van der Waals surface area contributed by atoms with Crippen LogP contribution in [0, 0.1) is 5.92 Å². The molecule has 0 aliphatic carbocycles. The van der Waals surface area contributed by atoms with E-state index in [2.05, 4.69) is 37.9 Å². The first-order valence-electron chi connectivity index (χ1n) is 7.05. The van der Waals surface area contributed by atoms with E-state index < -0.39 is 0 Å². The molecule has 0 aromatic rings. The second-order valence-electron chi connectivity index (χ2n) is 6.26. The number of hydrogen-bond acceptors (Lipinski definition) is 3. The highest BCUT2D eigenvalue weighted by Crippen LogP contribution is 2.10. The molecule has 1 heterocycles. The molecular formula is C14H30N2O. The monoisotopic (exact) mass is 242 g/mol. The molecule has 102 valence electrons. The zero-order valence-electron chi connectivity index (χ0n) is 12.1. The molecule has 0 atom stereocenters. The van der Waals surface area contributed by atoms with Gasteiger partial charge in [-0.2, -0.15) is 0 Å². The van der Waals surface area contributed by atoms with E-state index in [-0.39, 0.29) is 5.54 Å². The van der Waals surface area contributed by atoms with Crippen molar-refractivity contribution < 1.29 is 4.74 Å². The van der Waals surface area contributed by atoms with Gasteiger partial charge in [-0.15, -0.1) is 0 Å². The third-order valence-electron chi connectivity index (χ3n) is 3.09. The quantitative estimate of drug-likeness (QED) is 0.722. The van der Waals surface area contributed by atoms with Crippen LogP contribution in [0.25, 0.3) is 0 Å². The van der Waals surface area contributed by atoms with Crippen LogP contribution in [0.5, 0.6) is 0 Å². The average molecular weight is 242 g/mol. The van der Waals surface area contributed by atoms with Gasteiger partial charge in [0.15, 0.2) is 0 Å². The van der Waals surface area contributed by atoms with Gasteiger partial charge in [-0.1, -0.05) is 13.8 Å². The molecule has 17 heavy (non-hydrogen) atoms. The number of nitrogens with one attached hydrogen (secondary N) is 1. The lowest BCUT2D eigenvalue weighted by molar-refractivity contribution is 0.0975. The van der Waals surface area contributed by atoms with Crippen molar-refractivity contribution in [2.45, 2.75) is 46.1 Å². The summed E-state index contributed by atoms with van der Waals surface area (Å²) in [6.45, 7) is 15.5. The first-order valence-corrected chi connectivity index (χ1v) is 7.05. The Hall–Kier alpha value is -0.120. The summed E-state index contributed by atoms with van der Waals surface area (Å²) in [5.74, 6) is 0.649. The third-order valence-corrected chi connectivity index (χ3v) is 3.09. The highest BCUT2D eigenvalue weighted by atomic mass is 16.5. The Morgan fingerprint density at radius 3 is 2.82 bits per heavy atom. The highest BCUT2D eigenvalue weighted by molar-refractivity contribution is 4.84. The minimum absolute atomic E-state index is 0.259. The van der Waals surface area contributed by atoms with Crippen LogP contribution < -0.4 is 5.32 Å². The molecule has 3 heteroatoms. The second kappa shape index (κ2) is 7.34. The van der Waals surface area contributed by atoms with Gasteiger partial charge in [0.05, 0.1) is 0 Å². The molecule has 0 radical (unpaired) electrons. The largest absolute Gasteiger partial charge is 0.381 e. The lowest BCUT2D eigenvalue weighted by Crippen LogP contribution is -2.46. The predicted molar refractivity (Wildman–Crippen MR) is 73.4 cm³/mol. The van der Waals surface area contributed by atoms with Crippen LogP contribution in [-0.4, -0.2) is 49.8 Å². The zero-order chi connectivity index (χ0) is 12.7. The third kappa shape index (κ3) is 7.02. The van der Waals surface area contributed by atoms with Gasteiger partial charge in [-0.3, -0.25) is 0 Å². The lowest BCUT2D eigenvalue weighted by Gasteiger charge is -2.29. The molecule has 0 aromatic carbocycles. The van der Waals surface area contributed by atoms with Gasteiger partial charge < -0.3 is 15.0 Å². The van der Waals surface area contributed by atoms with Crippen molar-refractivity contribution in [1.82, 2.24) is 10.2 Å². The van der Waals surface area contributed by atoms with Crippen molar-refractivity contribution in [3.63, 3.8) is 0 Å². The van der Waals surface area contributed by atoms with E-state index in [0.29, 0.717) is 5.92 Å². The predicted octanol–water partition coefficient (Wildman–Crippen LogP) is 2.12. The normalized spacial score (nSPS) is 21.7. The van der Waals surface area contributed by atoms with E-state index in [9.17, 15) is 0 Å². The Labute approximate surface area is 107 Å². The van der Waals surface area contributed by atoms with Crippen molar-refractivity contribution in [2.24, 2.45) is 5.92 Å². The maximum absolute atomic E-state index is 5.63. The molecule has 0 amide bonds. The van der Waals surface area contributed by atoms with Gasteiger partial charge in [0, 0.05) is 31.8 Å². The molecular weight excluding hydrogens is 212 g/mol. The van der Waals surface area contributed by atoms with Crippen LogP contribution in [0.1, 0.15) is 40.5 Å². The minimum atomic E-state index is 0.259. The summed E-state index contributed by atoms with van der Waals surface area (Å²) in [6.07, 6.45) is 2.42. The highest BCUT2D eigenvalue weighted by Gasteiger charge is 2.23. The van der Waals surface area contributed by atoms with Crippen LogP contribution in [-0.2, 0) is 4.74 Å². The smallest absolute Gasteiger partial charge is 0.0489 e. The maximum Gasteiger partial charge on any atom is 0.0489 e. The fourth-order valence-electron chi connectivity index (χ4n) is 2.32. The first-order chi connectivity index (χ1) is 7.99. The van der Waals surface area contributed by atoms with Crippen molar-refractivity contribution in [2.75, 3.05) is 39.4 Å². The van der Waals surface area contributed by atoms with Gasteiger partial charge in [-0.05, 0) is 45.7 Å². The fourth-order valence-corrected chi connectivity index (χ4v) is 2.32. The standard InChI is InChI=1S/C14H30N2O/c1-13(2)11-17-10-6-9-16-8-5-7-15-14(3,4)12-16/h13,15H,5-12H2,1-4H3. The van der Waals surface area contributed by atoms with Gasteiger partial charge in [0.2, 0.25) is 0 Å². The van der Waals surface area contributed by atoms with E-state index in [1.165, 1.54) is 19.5 Å². The van der Waals surface area contributed by atoms with Crippen molar-refractivity contribution in [3.05, 3.63) is 0 Å². The van der Waals surface area contributed by atoms with Gasteiger partial charge in [0.1, 0.15) is 0 Å². The van der Waals surface area contributed by atoms with Gasteiger partial charge in [-0.25, -0.2) is 0 Å². The Morgan fingerprint density at radius 2 is 2.12 bits per heavy atom. The van der Waals surface area contributed by atoms with E-state index in [1.54, 1.807) is 0 Å². The Bertz CT molecular complexity index is 204. The maximum atomic E-state index is 5.63. The molecule has 0 unspecified atom stereocenters. The van der Waals surface area contributed by atoms with E-state index in [4.69, 9.17) is 4.74 Å². The van der Waals surface area contributed by atoms with Crippen LogP contribution >= 0.6 is 0 Å². The summed E-state index contributed by atoms with van der Waals surface area (Å²) in [5.41, 5.74) is 0.259. The molecule has 1 saturated heterocycles. The van der Waals surface area contributed by atoms with Gasteiger partial charge in [0.25, 0.3) is 0 Å². The van der Waals surface area contributed by atoms with Crippen molar-refractivity contribution in [3.8, 4) is 0 Å². The van der Waals surface area contributed by atoms with E-state index in [0.717, 1.165) is 32.7 Å². The van der Waals surface area contributed by atoms with Crippen molar-refractivity contribution in [1.29, 1.82) is 0 Å². The number of ether oxygens (including phenoxy) is 1. The summed E-state index contributed by atoms with van der Waals surface area (Å²) in [5, 5.41) is 3.59. The summed E-state index contributed by atoms with van der Waals surface area (Å²) >= 11 is 0. The molecule has 1 fully saturated rings. The van der Waals surface area contributed by atoms with Crippen LogP contribution in [0.3, 0.4) is 0 Å². The second-order valence-corrected chi connectivity index (χ2v) is 6.26. The van der Waals surface area contributed by atoms with Crippen LogP contribution in [0.2, 0.25) is 0 Å². The Morgan fingerprint density at radius 1 is 1.35 bits per heavy atom. The SMILES string of the molecule is CC(C)COCCCN1CCCNC(C)(C)C1. The van der Waals surface area contributed by atoms with Gasteiger partial charge >= 0.3 is 0 Å². The van der Waals surface area contributed by atoms with Crippen LogP contribution in [0.4, 0.5) is 0 Å². The molecule has 0 aromatic heterocycles. The summed E-state index contributed by atoms with van der Waals surface area (Å²) < 4.78 is 5.63. The molecule has 1 aliphatic rings. The molecule has 0 saturated carbocycles. The minimum Gasteiger partial charge on any atom is -0.381 e. The zero-order valence-corrected chi connectivity index (χ0v) is 12.1. The summed E-state index contributed by atoms with van der Waals surface area (Å²) in [7, 11) is 0. The van der Waals surface area contributed by atoms with Crippen LogP contribution in [0.15, 0.2) is 0 Å². The molecule has 1 rings (SSSR count). The molecule has 3 nitrogen and oxygen atoms in total. The molecule has 0 bridgehead atoms. The van der Waals surface area contributed by atoms with Crippen molar-refractivity contribution >= 4 is 0 Å². The number of hydrogen-bond donors (Lipinski definition) is 1. The molecule has 0 spiro atoms.